The van der Waals surface area contributed by atoms with E-state index in [0.29, 0.717) is 12.5 Å². The number of amides is 2. The molecule has 1 aromatic carbocycles. The Labute approximate surface area is 127 Å². The van der Waals surface area contributed by atoms with E-state index in [9.17, 15) is 9.59 Å². The second-order valence-corrected chi connectivity index (χ2v) is 5.91. The van der Waals surface area contributed by atoms with Crippen LogP contribution >= 0.6 is 0 Å². The monoisotopic (exact) mass is 290 g/mol. The summed E-state index contributed by atoms with van der Waals surface area (Å²) in [5.41, 5.74) is 3.05. The number of rotatable bonds is 6. The van der Waals surface area contributed by atoms with Gasteiger partial charge in [0.25, 0.3) is 0 Å². The maximum absolute atomic E-state index is 12.0. The number of aryl methyl sites for hydroxylation is 2. The van der Waals surface area contributed by atoms with Crippen LogP contribution in [0.15, 0.2) is 18.2 Å². The Morgan fingerprint density at radius 1 is 1.19 bits per heavy atom. The fourth-order valence-electron chi connectivity index (χ4n) is 1.98. The van der Waals surface area contributed by atoms with Gasteiger partial charge in [-0.25, -0.2) is 0 Å². The summed E-state index contributed by atoms with van der Waals surface area (Å²) < 4.78 is 0. The van der Waals surface area contributed by atoms with E-state index in [2.05, 4.69) is 19.2 Å². The first-order valence-electron chi connectivity index (χ1n) is 7.43. The molecule has 0 aliphatic heterocycles. The summed E-state index contributed by atoms with van der Waals surface area (Å²) in [4.78, 5) is 25.3. The van der Waals surface area contributed by atoms with Crippen molar-refractivity contribution in [2.24, 2.45) is 5.92 Å². The summed E-state index contributed by atoms with van der Waals surface area (Å²) in [7, 11) is 0. The van der Waals surface area contributed by atoms with Crippen molar-refractivity contribution in [1.82, 2.24) is 5.32 Å². The molecule has 0 saturated heterocycles. The fourth-order valence-corrected chi connectivity index (χ4v) is 1.98. The average Bonchev–Trinajstić information content (AvgIpc) is 2.38. The van der Waals surface area contributed by atoms with E-state index in [1.165, 1.54) is 17.4 Å². The zero-order valence-electron chi connectivity index (χ0n) is 13.7. The maximum Gasteiger partial charge on any atom is 0.240 e. The van der Waals surface area contributed by atoms with Gasteiger partial charge in [-0.1, -0.05) is 19.9 Å². The third-order valence-corrected chi connectivity index (χ3v) is 3.53. The third kappa shape index (κ3) is 5.58. The molecular formula is C17H26N2O2. The molecule has 0 aliphatic rings. The van der Waals surface area contributed by atoms with E-state index in [4.69, 9.17) is 0 Å². The van der Waals surface area contributed by atoms with Crippen LogP contribution in [0.25, 0.3) is 0 Å². The van der Waals surface area contributed by atoms with Gasteiger partial charge in [-0.15, -0.1) is 0 Å². The Morgan fingerprint density at radius 2 is 1.86 bits per heavy atom. The van der Waals surface area contributed by atoms with Gasteiger partial charge in [0.1, 0.15) is 6.54 Å². The van der Waals surface area contributed by atoms with Gasteiger partial charge < -0.3 is 10.2 Å². The van der Waals surface area contributed by atoms with Gasteiger partial charge in [0, 0.05) is 19.2 Å². The highest BCUT2D eigenvalue weighted by Crippen LogP contribution is 2.18. The van der Waals surface area contributed by atoms with E-state index in [0.717, 1.165) is 17.7 Å². The van der Waals surface area contributed by atoms with E-state index in [1.54, 1.807) is 0 Å². The van der Waals surface area contributed by atoms with Crippen LogP contribution in [0.1, 0.15) is 38.3 Å². The normalized spacial score (nSPS) is 10.6. The smallest absolute Gasteiger partial charge is 0.240 e. The molecule has 4 heteroatoms. The van der Waals surface area contributed by atoms with Crippen molar-refractivity contribution < 1.29 is 9.59 Å². The number of anilines is 1. The highest BCUT2D eigenvalue weighted by atomic mass is 16.2. The molecule has 1 aromatic rings. The number of carbonyl (C=O) groups is 2. The maximum atomic E-state index is 12.0. The highest BCUT2D eigenvalue weighted by molar-refractivity contribution is 5.97. The van der Waals surface area contributed by atoms with Crippen LogP contribution in [0, 0.1) is 19.8 Å². The van der Waals surface area contributed by atoms with Gasteiger partial charge in [-0.05, 0) is 49.4 Å². The van der Waals surface area contributed by atoms with Crippen molar-refractivity contribution in [2.75, 3.05) is 18.0 Å². The number of nitrogens with one attached hydrogen (secondary N) is 1. The number of carbonyl (C=O) groups excluding carboxylic acids is 2. The number of benzene rings is 1. The topological polar surface area (TPSA) is 49.4 Å². The molecule has 0 spiro atoms. The molecule has 2 amide bonds. The van der Waals surface area contributed by atoms with Crippen LogP contribution in [0.2, 0.25) is 0 Å². The van der Waals surface area contributed by atoms with Crippen LogP contribution in [0.3, 0.4) is 0 Å². The first-order chi connectivity index (χ1) is 9.81. The van der Waals surface area contributed by atoms with Crippen LogP contribution in [0.5, 0.6) is 0 Å². The average molecular weight is 290 g/mol. The molecule has 21 heavy (non-hydrogen) atoms. The SMILES string of the molecule is CC(=O)N(CC(=O)NCCC(C)C)c1ccc(C)c(C)c1. The predicted octanol–water partition coefficient (Wildman–Crippen LogP) is 2.82. The van der Waals surface area contributed by atoms with Crippen molar-refractivity contribution >= 4 is 17.5 Å². The second-order valence-electron chi connectivity index (χ2n) is 5.91. The number of nitrogens with zero attached hydrogens (tertiary/aromatic N) is 1. The summed E-state index contributed by atoms with van der Waals surface area (Å²) in [6, 6.07) is 5.79. The summed E-state index contributed by atoms with van der Waals surface area (Å²) >= 11 is 0. The minimum atomic E-state index is -0.128. The Bertz CT molecular complexity index is 510. The van der Waals surface area contributed by atoms with Gasteiger partial charge in [0.05, 0.1) is 0 Å². The molecule has 0 aliphatic carbocycles. The van der Waals surface area contributed by atoms with Gasteiger partial charge in [-0.3, -0.25) is 9.59 Å². The molecule has 0 saturated carbocycles. The Balaban J connectivity index is 2.71. The molecule has 0 aromatic heterocycles. The first-order valence-corrected chi connectivity index (χ1v) is 7.43. The zero-order chi connectivity index (χ0) is 16.0. The third-order valence-electron chi connectivity index (χ3n) is 3.53. The highest BCUT2D eigenvalue weighted by Gasteiger charge is 2.16. The lowest BCUT2D eigenvalue weighted by Crippen LogP contribution is -2.40. The van der Waals surface area contributed by atoms with Gasteiger partial charge >= 0.3 is 0 Å². The van der Waals surface area contributed by atoms with Crippen LogP contribution < -0.4 is 10.2 Å². The van der Waals surface area contributed by atoms with Crippen LogP contribution in [0.4, 0.5) is 5.69 Å². The number of hydrogen-bond acceptors (Lipinski definition) is 2. The molecule has 116 valence electrons. The Hall–Kier alpha value is -1.84. The molecule has 0 radical (unpaired) electrons. The predicted molar refractivity (Wildman–Crippen MR) is 86.4 cm³/mol. The van der Waals surface area contributed by atoms with Crippen molar-refractivity contribution in [3.05, 3.63) is 29.3 Å². The van der Waals surface area contributed by atoms with Crippen LogP contribution in [-0.2, 0) is 9.59 Å². The van der Waals surface area contributed by atoms with Gasteiger partial charge in [0.2, 0.25) is 11.8 Å². The quantitative estimate of drug-likeness (QED) is 0.876. The summed E-state index contributed by atoms with van der Waals surface area (Å²) in [6.45, 7) is 10.4. The largest absolute Gasteiger partial charge is 0.355 e. The van der Waals surface area contributed by atoms with Crippen molar-refractivity contribution in [3.8, 4) is 0 Å². The number of hydrogen-bond donors (Lipinski definition) is 1. The Kier molecular flexibility index (Phi) is 6.40. The molecule has 0 bridgehead atoms. The summed E-state index contributed by atoms with van der Waals surface area (Å²) in [6.07, 6.45) is 0.940. The zero-order valence-corrected chi connectivity index (χ0v) is 13.7. The molecule has 0 heterocycles. The van der Waals surface area contributed by atoms with E-state index in [1.807, 2.05) is 32.0 Å². The summed E-state index contributed by atoms with van der Waals surface area (Å²) in [5, 5.41) is 2.86. The van der Waals surface area contributed by atoms with Crippen molar-refractivity contribution in [2.45, 2.75) is 41.0 Å². The van der Waals surface area contributed by atoms with Crippen molar-refractivity contribution in [3.63, 3.8) is 0 Å². The standard InChI is InChI=1S/C17H26N2O2/c1-12(2)8-9-18-17(21)11-19(15(5)20)16-7-6-13(3)14(4)10-16/h6-7,10,12H,8-9,11H2,1-5H3,(H,18,21). The van der Waals surface area contributed by atoms with Gasteiger partial charge in [0.15, 0.2) is 0 Å². The second kappa shape index (κ2) is 7.81. The van der Waals surface area contributed by atoms with Crippen molar-refractivity contribution in [1.29, 1.82) is 0 Å². The van der Waals surface area contributed by atoms with E-state index >= 15 is 0 Å². The minimum Gasteiger partial charge on any atom is -0.355 e. The Morgan fingerprint density at radius 3 is 2.38 bits per heavy atom. The molecule has 4 nitrogen and oxygen atoms in total. The molecule has 0 atom stereocenters. The lowest BCUT2D eigenvalue weighted by atomic mass is 10.1. The molecule has 0 fully saturated rings. The molecule has 1 rings (SSSR count). The van der Waals surface area contributed by atoms with Gasteiger partial charge in [-0.2, -0.15) is 0 Å². The summed E-state index contributed by atoms with van der Waals surface area (Å²) in [5.74, 6) is 0.301. The van der Waals surface area contributed by atoms with E-state index < -0.39 is 0 Å². The molecule has 1 N–H and O–H groups in total. The fraction of sp³-hybridized carbons (Fsp3) is 0.529. The minimum absolute atomic E-state index is 0.0654. The molecular weight excluding hydrogens is 264 g/mol. The lowest BCUT2D eigenvalue weighted by Gasteiger charge is -2.21. The van der Waals surface area contributed by atoms with Crippen LogP contribution in [-0.4, -0.2) is 24.9 Å². The van der Waals surface area contributed by atoms with E-state index in [-0.39, 0.29) is 18.4 Å². The molecule has 0 unspecified atom stereocenters. The first kappa shape index (κ1) is 17.2. The lowest BCUT2D eigenvalue weighted by molar-refractivity contribution is -0.123.